The molecular formula is C16H26BrN3O. The Morgan fingerprint density at radius 3 is 2.52 bits per heavy atom. The Balaban J connectivity index is 2.34. The molecule has 1 saturated carbocycles. The Hall–Kier alpha value is -0.680. The van der Waals surface area contributed by atoms with Crippen LogP contribution in [-0.2, 0) is 11.2 Å². The molecule has 21 heavy (non-hydrogen) atoms. The molecule has 1 aromatic heterocycles. The number of aryl methyl sites for hydroxylation is 1. The molecule has 1 N–H and O–H groups in total. The summed E-state index contributed by atoms with van der Waals surface area (Å²) in [5.41, 5.74) is 1.05. The first-order chi connectivity index (χ1) is 10.2. The smallest absolute Gasteiger partial charge is 0.160 e. The predicted octanol–water partition coefficient (Wildman–Crippen LogP) is 4.50. The minimum atomic E-state index is 0.0285. The molecule has 5 heteroatoms. The molecule has 0 saturated heterocycles. The van der Waals surface area contributed by atoms with Gasteiger partial charge < -0.3 is 10.1 Å². The molecule has 0 aliphatic heterocycles. The van der Waals surface area contributed by atoms with Gasteiger partial charge in [0.1, 0.15) is 11.9 Å². The lowest BCUT2D eigenvalue weighted by Gasteiger charge is -2.29. The number of anilines is 1. The zero-order valence-electron chi connectivity index (χ0n) is 13.3. The summed E-state index contributed by atoms with van der Waals surface area (Å²) in [4.78, 5) is 9.47. The molecule has 0 radical (unpaired) electrons. The monoisotopic (exact) mass is 355 g/mol. The predicted molar refractivity (Wildman–Crippen MR) is 89.6 cm³/mol. The van der Waals surface area contributed by atoms with Crippen molar-refractivity contribution in [3.63, 3.8) is 0 Å². The maximum absolute atomic E-state index is 6.04. The number of aromatic nitrogens is 2. The van der Waals surface area contributed by atoms with Gasteiger partial charge in [-0.2, -0.15) is 0 Å². The van der Waals surface area contributed by atoms with Gasteiger partial charge in [-0.15, -0.1) is 0 Å². The summed E-state index contributed by atoms with van der Waals surface area (Å²) in [6.07, 6.45) is 7.29. The van der Waals surface area contributed by atoms with Crippen LogP contribution in [0.4, 0.5) is 5.82 Å². The molecule has 1 unspecified atom stereocenters. The fraction of sp³-hybridized carbons (Fsp3) is 0.750. The Labute approximate surface area is 136 Å². The minimum Gasteiger partial charge on any atom is -0.372 e. The van der Waals surface area contributed by atoms with Crippen molar-refractivity contribution in [2.75, 3.05) is 19.0 Å². The maximum atomic E-state index is 6.04. The van der Waals surface area contributed by atoms with Crippen molar-refractivity contribution in [3.8, 4) is 0 Å². The second-order valence-electron chi connectivity index (χ2n) is 5.57. The first kappa shape index (κ1) is 16.7. The van der Waals surface area contributed by atoms with E-state index in [9.17, 15) is 0 Å². The first-order valence-corrected chi connectivity index (χ1v) is 8.86. The van der Waals surface area contributed by atoms with Crippen molar-refractivity contribution in [1.29, 1.82) is 0 Å². The van der Waals surface area contributed by atoms with Gasteiger partial charge in [-0.1, -0.05) is 26.2 Å². The van der Waals surface area contributed by atoms with Crippen molar-refractivity contribution in [1.82, 2.24) is 9.97 Å². The molecule has 1 heterocycles. The summed E-state index contributed by atoms with van der Waals surface area (Å²) in [7, 11) is 1.90. The quantitative estimate of drug-likeness (QED) is 0.815. The highest BCUT2D eigenvalue weighted by atomic mass is 79.9. The SMILES string of the molecule is CCOC(c1nc(CC)c(Br)c(NC)n1)C1CCCCC1. The Bertz CT molecular complexity index is 436. The molecule has 1 aliphatic rings. The van der Waals surface area contributed by atoms with E-state index in [1.165, 1.54) is 32.1 Å². The Kier molecular flexibility index (Phi) is 6.42. The molecule has 0 aromatic carbocycles. The summed E-state index contributed by atoms with van der Waals surface area (Å²) in [5.74, 6) is 2.25. The van der Waals surface area contributed by atoms with Crippen LogP contribution in [0.2, 0.25) is 0 Å². The Morgan fingerprint density at radius 1 is 1.24 bits per heavy atom. The molecule has 118 valence electrons. The average Bonchev–Trinajstić information content (AvgIpc) is 2.54. The van der Waals surface area contributed by atoms with Crippen molar-refractivity contribution < 1.29 is 4.74 Å². The van der Waals surface area contributed by atoms with Gasteiger partial charge in [-0.3, -0.25) is 0 Å². The summed E-state index contributed by atoms with van der Waals surface area (Å²) in [5, 5.41) is 3.16. The maximum Gasteiger partial charge on any atom is 0.160 e. The molecule has 0 spiro atoms. The number of halogens is 1. The highest BCUT2D eigenvalue weighted by Crippen LogP contribution is 2.37. The number of nitrogens with one attached hydrogen (secondary N) is 1. The third-order valence-corrected chi connectivity index (χ3v) is 5.02. The number of rotatable bonds is 6. The van der Waals surface area contributed by atoms with E-state index in [1.807, 2.05) is 14.0 Å². The van der Waals surface area contributed by atoms with E-state index in [0.717, 1.165) is 28.2 Å². The summed E-state index contributed by atoms with van der Waals surface area (Å²) < 4.78 is 7.01. The van der Waals surface area contributed by atoms with E-state index in [0.29, 0.717) is 12.5 Å². The fourth-order valence-electron chi connectivity index (χ4n) is 3.08. The van der Waals surface area contributed by atoms with Crippen molar-refractivity contribution in [2.24, 2.45) is 5.92 Å². The van der Waals surface area contributed by atoms with E-state index >= 15 is 0 Å². The first-order valence-electron chi connectivity index (χ1n) is 8.06. The molecule has 1 aliphatic carbocycles. The van der Waals surface area contributed by atoms with Gasteiger partial charge in [0.15, 0.2) is 5.82 Å². The molecular weight excluding hydrogens is 330 g/mol. The third-order valence-electron chi connectivity index (χ3n) is 4.19. The summed E-state index contributed by atoms with van der Waals surface area (Å²) >= 11 is 3.59. The van der Waals surface area contributed by atoms with E-state index in [-0.39, 0.29) is 6.10 Å². The molecule has 0 amide bonds. The van der Waals surface area contributed by atoms with Crippen molar-refractivity contribution in [3.05, 3.63) is 16.0 Å². The molecule has 1 atom stereocenters. The Morgan fingerprint density at radius 2 is 1.95 bits per heavy atom. The molecule has 1 aromatic rings. The van der Waals surface area contributed by atoms with Crippen molar-refractivity contribution in [2.45, 2.75) is 58.5 Å². The van der Waals surface area contributed by atoms with Gasteiger partial charge in [0.25, 0.3) is 0 Å². The van der Waals surface area contributed by atoms with Gasteiger partial charge >= 0.3 is 0 Å². The largest absolute Gasteiger partial charge is 0.372 e. The number of hydrogen-bond donors (Lipinski definition) is 1. The highest BCUT2D eigenvalue weighted by molar-refractivity contribution is 9.10. The second kappa shape index (κ2) is 8.08. The molecule has 2 rings (SSSR count). The van der Waals surface area contributed by atoms with Crippen LogP contribution in [0.5, 0.6) is 0 Å². The average molecular weight is 356 g/mol. The van der Waals surface area contributed by atoms with Crippen LogP contribution in [0.1, 0.15) is 63.6 Å². The lowest BCUT2D eigenvalue weighted by atomic mass is 9.85. The van der Waals surface area contributed by atoms with Gasteiger partial charge in [-0.25, -0.2) is 9.97 Å². The number of ether oxygens (including phenoxy) is 1. The van der Waals surface area contributed by atoms with E-state index < -0.39 is 0 Å². The topological polar surface area (TPSA) is 47.0 Å². The summed E-state index contributed by atoms with van der Waals surface area (Å²) in [6.45, 7) is 4.87. The zero-order valence-corrected chi connectivity index (χ0v) is 14.9. The van der Waals surface area contributed by atoms with Gasteiger partial charge in [-0.05, 0) is 48.0 Å². The van der Waals surface area contributed by atoms with Crippen LogP contribution in [0.25, 0.3) is 0 Å². The van der Waals surface area contributed by atoms with E-state index in [2.05, 4.69) is 28.2 Å². The number of nitrogens with zero attached hydrogens (tertiary/aromatic N) is 2. The third kappa shape index (κ3) is 3.95. The van der Waals surface area contributed by atoms with E-state index in [4.69, 9.17) is 14.7 Å². The summed E-state index contributed by atoms with van der Waals surface area (Å²) in [6, 6.07) is 0. The normalized spacial score (nSPS) is 17.7. The van der Waals surface area contributed by atoms with Crippen LogP contribution in [0.3, 0.4) is 0 Å². The van der Waals surface area contributed by atoms with Crippen molar-refractivity contribution >= 4 is 21.7 Å². The van der Waals surface area contributed by atoms with E-state index in [1.54, 1.807) is 0 Å². The lowest BCUT2D eigenvalue weighted by molar-refractivity contribution is -0.000244. The van der Waals surface area contributed by atoms with Crippen LogP contribution in [-0.4, -0.2) is 23.6 Å². The highest BCUT2D eigenvalue weighted by Gasteiger charge is 2.29. The fourth-order valence-corrected chi connectivity index (χ4v) is 3.73. The van der Waals surface area contributed by atoms with Crippen LogP contribution in [0.15, 0.2) is 4.47 Å². The molecule has 1 fully saturated rings. The van der Waals surface area contributed by atoms with Crippen LogP contribution >= 0.6 is 15.9 Å². The lowest BCUT2D eigenvalue weighted by Crippen LogP contribution is -2.22. The van der Waals surface area contributed by atoms with Gasteiger partial charge in [0.2, 0.25) is 0 Å². The second-order valence-corrected chi connectivity index (χ2v) is 6.36. The molecule has 0 bridgehead atoms. The zero-order chi connectivity index (χ0) is 15.2. The number of hydrogen-bond acceptors (Lipinski definition) is 4. The van der Waals surface area contributed by atoms with Crippen LogP contribution in [0, 0.1) is 5.92 Å². The molecule has 4 nitrogen and oxygen atoms in total. The van der Waals surface area contributed by atoms with Gasteiger partial charge in [0.05, 0.1) is 10.2 Å². The standard InChI is InChI=1S/C16H26BrN3O/c1-4-12-13(17)15(18-3)20-16(19-12)14(21-5-2)11-9-7-6-8-10-11/h11,14H,4-10H2,1-3H3,(H,18,19,20). The minimum absolute atomic E-state index is 0.0285. The van der Waals surface area contributed by atoms with Crippen LogP contribution < -0.4 is 5.32 Å². The van der Waals surface area contributed by atoms with Gasteiger partial charge in [0, 0.05) is 13.7 Å².